The van der Waals surface area contributed by atoms with Crippen LogP contribution in [0.1, 0.15) is 33.7 Å². The zero-order chi connectivity index (χ0) is 25.1. The molecule has 0 amide bonds. The predicted molar refractivity (Wildman–Crippen MR) is 136 cm³/mol. The molecule has 7 heteroatoms. The summed E-state index contributed by atoms with van der Waals surface area (Å²) >= 11 is 0. The lowest BCUT2D eigenvalue weighted by Gasteiger charge is -2.29. The van der Waals surface area contributed by atoms with Crippen LogP contribution in [0.15, 0.2) is 75.9 Å². The van der Waals surface area contributed by atoms with E-state index in [1.807, 2.05) is 12.1 Å². The van der Waals surface area contributed by atoms with E-state index in [0.29, 0.717) is 41.3 Å². The van der Waals surface area contributed by atoms with Crippen LogP contribution < -0.4 is 14.9 Å². The van der Waals surface area contributed by atoms with Gasteiger partial charge in [-0.3, -0.25) is 9.69 Å². The molecule has 0 saturated carbocycles. The first-order valence-corrected chi connectivity index (χ1v) is 11.9. The topological polar surface area (TPSA) is 78.2 Å². The molecule has 5 rings (SSSR count). The lowest BCUT2D eigenvalue weighted by Crippen LogP contribution is -2.33. The quantitative estimate of drug-likeness (QED) is 0.322. The van der Waals surface area contributed by atoms with E-state index in [1.54, 1.807) is 37.3 Å². The van der Waals surface area contributed by atoms with Crippen molar-refractivity contribution in [1.29, 1.82) is 0 Å². The van der Waals surface area contributed by atoms with Crippen LogP contribution in [0.2, 0.25) is 0 Å². The molecule has 1 aliphatic heterocycles. The summed E-state index contributed by atoms with van der Waals surface area (Å²) in [6.07, 6.45) is 2.00. The Morgan fingerprint density at radius 2 is 1.81 bits per heavy atom. The highest BCUT2D eigenvalue weighted by Gasteiger charge is 2.24. The second-order valence-corrected chi connectivity index (χ2v) is 8.77. The van der Waals surface area contributed by atoms with Crippen LogP contribution in [0.25, 0.3) is 11.0 Å². The van der Waals surface area contributed by atoms with Gasteiger partial charge in [-0.1, -0.05) is 30.3 Å². The van der Waals surface area contributed by atoms with Crippen molar-refractivity contribution in [1.82, 2.24) is 4.90 Å². The normalized spacial score (nSPS) is 13.2. The van der Waals surface area contributed by atoms with Gasteiger partial charge < -0.3 is 18.6 Å². The van der Waals surface area contributed by atoms with E-state index in [-0.39, 0.29) is 11.2 Å². The molecule has 0 atom stereocenters. The molecule has 7 nitrogen and oxygen atoms in total. The molecule has 3 aromatic carbocycles. The smallest absolute Gasteiger partial charge is 0.337 e. The van der Waals surface area contributed by atoms with Crippen molar-refractivity contribution < 1.29 is 23.4 Å². The van der Waals surface area contributed by atoms with Gasteiger partial charge in [-0.25, -0.2) is 4.79 Å². The molecule has 0 fully saturated rings. The van der Waals surface area contributed by atoms with E-state index in [4.69, 9.17) is 18.6 Å². The molecular formula is C29H27NO6. The first-order chi connectivity index (χ1) is 17.5. The van der Waals surface area contributed by atoms with Gasteiger partial charge in [0, 0.05) is 13.1 Å². The number of carbonyl (C=O) groups is 1. The van der Waals surface area contributed by atoms with Crippen LogP contribution in [0.5, 0.6) is 17.2 Å². The van der Waals surface area contributed by atoms with Crippen LogP contribution in [0.3, 0.4) is 0 Å². The molecule has 0 unspecified atom stereocenters. The molecule has 0 N–H and O–H groups in total. The van der Waals surface area contributed by atoms with Crippen molar-refractivity contribution in [2.45, 2.75) is 26.3 Å². The monoisotopic (exact) mass is 485 g/mol. The summed E-state index contributed by atoms with van der Waals surface area (Å²) in [5.41, 5.74) is 2.85. The van der Waals surface area contributed by atoms with Gasteiger partial charge in [-0.05, 0) is 61.7 Å². The molecular weight excluding hydrogens is 458 g/mol. The average Bonchev–Trinajstić information content (AvgIpc) is 2.91. The van der Waals surface area contributed by atoms with E-state index in [0.717, 1.165) is 30.7 Å². The fourth-order valence-electron chi connectivity index (χ4n) is 4.41. The fourth-order valence-corrected chi connectivity index (χ4v) is 4.41. The van der Waals surface area contributed by atoms with Gasteiger partial charge in [-0.15, -0.1) is 0 Å². The molecule has 184 valence electrons. The van der Waals surface area contributed by atoms with Crippen LogP contribution in [-0.4, -0.2) is 31.3 Å². The van der Waals surface area contributed by atoms with E-state index in [9.17, 15) is 9.59 Å². The number of fused-ring (bicyclic) bond motifs is 3. The van der Waals surface area contributed by atoms with E-state index in [2.05, 4.69) is 29.2 Å². The third-order valence-electron chi connectivity index (χ3n) is 6.31. The second-order valence-electron chi connectivity index (χ2n) is 8.77. The molecule has 0 saturated heterocycles. The summed E-state index contributed by atoms with van der Waals surface area (Å²) in [4.78, 5) is 27.2. The molecule has 0 aliphatic carbocycles. The Morgan fingerprint density at radius 1 is 1.03 bits per heavy atom. The van der Waals surface area contributed by atoms with Gasteiger partial charge in [0.1, 0.15) is 29.6 Å². The van der Waals surface area contributed by atoms with Crippen LogP contribution in [0, 0.1) is 6.92 Å². The Morgan fingerprint density at radius 3 is 2.56 bits per heavy atom. The van der Waals surface area contributed by atoms with Crippen molar-refractivity contribution in [3.8, 4) is 17.2 Å². The van der Waals surface area contributed by atoms with Crippen molar-refractivity contribution in [2.24, 2.45) is 0 Å². The number of esters is 1. The number of methoxy groups -OCH3 is 1. The second kappa shape index (κ2) is 10.3. The molecule has 0 bridgehead atoms. The fraction of sp³-hybridized carbons (Fsp3) is 0.241. The maximum absolute atomic E-state index is 13.4. The molecule has 36 heavy (non-hydrogen) atoms. The maximum atomic E-state index is 13.4. The summed E-state index contributed by atoms with van der Waals surface area (Å²) in [6.45, 7) is 3.72. The molecule has 4 aromatic rings. The largest absolute Gasteiger partial charge is 0.478 e. The van der Waals surface area contributed by atoms with Crippen LogP contribution in [0.4, 0.5) is 0 Å². The van der Waals surface area contributed by atoms with E-state index in [1.165, 1.54) is 12.7 Å². The Balaban J connectivity index is 1.36. The minimum atomic E-state index is -0.441. The van der Waals surface area contributed by atoms with Crippen molar-refractivity contribution in [3.63, 3.8) is 0 Å². The van der Waals surface area contributed by atoms with Gasteiger partial charge in [0.25, 0.3) is 0 Å². The summed E-state index contributed by atoms with van der Waals surface area (Å²) in [6, 6.07) is 20.4. The Bertz CT molecular complexity index is 1440. The number of hydrogen-bond donors (Lipinski definition) is 0. The van der Waals surface area contributed by atoms with Crippen molar-refractivity contribution in [3.05, 3.63) is 99.4 Å². The van der Waals surface area contributed by atoms with Gasteiger partial charge in [-0.2, -0.15) is 0 Å². The average molecular weight is 486 g/mol. The Hall–Kier alpha value is -4.10. The molecule has 1 aliphatic rings. The lowest BCUT2D eigenvalue weighted by molar-refractivity contribution is 0.0600. The summed E-state index contributed by atoms with van der Waals surface area (Å²) in [7, 11) is 1.32. The minimum absolute atomic E-state index is 0.115. The number of nitrogens with zero attached hydrogens (tertiary/aromatic N) is 1. The van der Waals surface area contributed by atoms with Gasteiger partial charge in [0.2, 0.25) is 11.2 Å². The molecule has 0 radical (unpaired) electrons. The number of carbonyl (C=O) groups excluding carboxylic acids is 1. The first-order valence-electron chi connectivity index (χ1n) is 11.9. The highest BCUT2D eigenvalue weighted by atomic mass is 16.5. The number of hydrogen-bond acceptors (Lipinski definition) is 7. The van der Waals surface area contributed by atoms with Crippen molar-refractivity contribution >= 4 is 16.9 Å². The number of ether oxygens (including phenoxy) is 3. The summed E-state index contributed by atoms with van der Waals surface area (Å²) < 4.78 is 22.7. The highest BCUT2D eigenvalue weighted by molar-refractivity contribution is 5.89. The summed E-state index contributed by atoms with van der Waals surface area (Å²) in [5, 5.41) is 0.440. The van der Waals surface area contributed by atoms with Gasteiger partial charge >= 0.3 is 5.97 Å². The van der Waals surface area contributed by atoms with Crippen LogP contribution in [-0.2, 0) is 17.7 Å². The minimum Gasteiger partial charge on any atom is -0.478 e. The third kappa shape index (κ3) is 4.83. The van der Waals surface area contributed by atoms with E-state index < -0.39 is 5.97 Å². The first kappa shape index (κ1) is 23.6. The molecule has 0 spiro atoms. The lowest BCUT2D eigenvalue weighted by atomic mass is 10.1. The number of benzene rings is 3. The summed E-state index contributed by atoms with van der Waals surface area (Å²) in [5.74, 6) is 1.20. The highest BCUT2D eigenvalue weighted by Crippen LogP contribution is 2.34. The van der Waals surface area contributed by atoms with Crippen molar-refractivity contribution in [2.75, 3.05) is 20.4 Å². The zero-order valence-corrected chi connectivity index (χ0v) is 20.3. The van der Waals surface area contributed by atoms with Gasteiger partial charge in [0.05, 0.1) is 23.6 Å². The van der Waals surface area contributed by atoms with Gasteiger partial charge in [0.15, 0.2) is 0 Å². The maximum Gasteiger partial charge on any atom is 0.337 e. The Labute approximate surface area is 208 Å². The predicted octanol–water partition coefficient (Wildman–Crippen LogP) is 5.47. The standard InChI is InChI=1S/C29H27NO6/c1-19-27(36-22-12-10-21(11-13-22)29(32)33-2)26(31)23-14-15-25-24(28(23)35-19)17-30(18-34-25)16-6-9-20-7-4-3-5-8-20/h3-5,7-8,10-15H,6,9,16-18H2,1-2H3. The Kier molecular flexibility index (Phi) is 6.73. The molecule has 2 heterocycles. The third-order valence-corrected chi connectivity index (χ3v) is 6.31. The molecule has 1 aromatic heterocycles. The van der Waals surface area contributed by atoms with Crippen LogP contribution >= 0.6 is 0 Å². The van der Waals surface area contributed by atoms with E-state index >= 15 is 0 Å². The number of aryl methyl sites for hydroxylation is 2. The number of rotatable bonds is 7. The zero-order valence-electron chi connectivity index (χ0n) is 20.3. The SMILES string of the molecule is COC(=O)c1ccc(Oc2c(C)oc3c4c(ccc3c2=O)OCN(CCCc2ccccc2)C4)cc1.